The van der Waals surface area contributed by atoms with Gasteiger partial charge in [0.25, 0.3) is 0 Å². The van der Waals surface area contributed by atoms with Crippen molar-refractivity contribution in [2.24, 2.45) is 5.73 Å². The van der Waals surface area contributed by atoms with Gasteiger partial charge in [-0.1, -0.05) is 12.1 Å². The summed E-state index contributed by atoms with van der Waals surface area (Å²) in [6.07, 6.45) is 0. The monoisotopic (exact) mass is 224 g/mol. The van der Waals surface area contributed by atoms with Crippen molar-refractivity contribution in [2.75, 3.05) is 7.05 Å². The van der Waals surface area contributed by atoms with E-state index in [1.165, 1.54) is 12.1 Å². The summed E-state index contributed by atoms with van der Waals surface area (Å²) in [5.41, 5.74) is 6.41. The second-order valence-electron chi connectivity index (χ2n) is 3.97. The molecule has 0 radical (unpaired) electrons. The lowest BCUT2D eigenvalue weighted by Crippen LogP contribution is -2.40. The Kier molecular flexibility index (Phi) is 4.01. The number of benzene rings is 1. The number of amides is 1. The third-order valence-electron chi connectivity index (χ3n) is 2.67. The fraction of sp³-hybridized carbons (Fsp3) is 0.417. The molecule has 0 heterocycles. The predicted octanol–water partition coefficient (Wildman–Crippen LogP) is 1.69. The Bertz CT molecular complexity index is 362. The Morgan fingerprint density at radius 2 is 1.81 bits per heavy atom. The van der Waals surface area contributed by atoms with Gasteiger partial charge in [0.2, 0.25) is 5.91 Å². The molecular weight excluding hydrogens is 207 g/mol. The highest BCUT2D eigenvalue weighted by atomic mass is 19.1. The van der Waals surface area contributed by atoms with Gasteiger partial charge in [0.15, 0.2) is 0 Å². The SMILES string of the molecule is C[C@H](N)C(=O)N(C)[C@@H](C)c1ccc(F)cc1. The average Bonchev–Trinajstić information content (AvgIpc) is 2.27. The molecule has 3 nitrogen and oxygen atoms in total. The molecule has 0 fully saturated rings. The van der Waals surface area contributed by atoms with Gasteiger partial charge in [0.1, 0.15) is 5.82 Å². The molecule has 88 valence electrons. The molecule has 1 aromatic carbocycles. The molecule has 0 aliphatic heterocycles. The molecule has 0 saturated heterocycles. The zero-order valence-corrected chi connectivity index (χ0v) is 9.77. The quantitative estimate of drug-likeness (QED) is 0.849. The molecule has 1 amide bonds. The van der Waals surface area contributed by atoms with Crippen LogP contribution in [0.5, 0.6) is 0 Å². The highest BCUT2D eigenvalue weighted by Gasteiger charge is 2.19. The van der Waals surface area contributed by atoms with E-state index < -0.39 is 6.04 Å². The largest absolute Gasteiger partial charge is 0.338 e. The second kappa shape index (κ2) is 5.07. The molecule has 0 aliphatic rings. The first-order chi connectivity index (χ1) is 7.43. The third-order valence-corrected chi connectivity index (χ3v) is 2.67. The average molecular weight is 224 g/mol. The maximum absolute atomic E-state index is 12.7. The van der Waals surface area contributed by atoms with Gasteiger partial charge in [-0.3, -0.25) is 4.79 Å². The van der Waals surface area contributed by atoms with Crippen LogP contribution in [-0.4, -0.2) is 23.9 Å². The van der Waals surface area contributed by atoms with E-state index in [0.717, 1.165) is 5.56 Å². The highest BCUT2D eigenvalue weighted by molar-refractivity contribution is 5.81. The Labute approximate surface area is 95.0 Å². The number of carbonyl (C=O) groups is 1. The minimum absolute atomic E-state index is 0.112. The van der Waals surface area contributed by atoms with E-state index in [1.54, 1.807) is 31.0 Å². The highest BCUT2D eigenvalue weighted by Crippen LogP contribution is 2.19. The van der Waals surface area contributed by atoms with Gasteiger partial charge < -0.3 is 10.6 Å². The van der Waals surface area contributed by atoms with Crippen molar-refractivity contribution in [3.05, 3.63) is 35.6 Å². The number of likely N-dealkylation sites (N-methyl/N-ethyl adjacent to an activating group) is 1. The smallest absolute Gasteiger partial charge is 0.239 e. The minimum atomic E-state index is -0.520. The Balaban J connectivity index is 2.81. The van der Waals surface area contributed by atoms with E-state index in [2.05, 4.69) is 0 Å². The zero-order chi connectivity index (χ0) is 12.3. The molecule has 0 bridgehead atoms. The first kappa shape index (κ1) is 12.6. The van der Waals surface area contributed by atoms with Crippen LogP contribution in [-0.2, 0) is 4.79 Å². The maximum atomic E-state index is 12.7. The van der Waals surface area contributed by atoms with Crippen molar-refractivity contribution in [1.29, 1.82) is 0 Å². The van der Waals surface area contributed by atoms with Crippen molar-refractivity contribution in [3.63, 3.8) is 0 Å². The molecule has 0 saturated carbocycles. The Hall–Kier alpha value is -1.42. The van der Waals surface area contributed by atoms with E-state index in [4.69, 9.17) is 5.73 Å². The molecule has 2 atom stereocenters. The van der Waals surface area contributed by atoms with Crippen LogP contribution in [0.2, 0.25) is 0 Å². The number of halogens is 1. The van der Waals surface area contributed by atoms with E-state index >= 15 is 0 Å². The van der Waals surface area contributed by atoms with Gasteiger partial charge in [-0.05, 0) is 31.5 Å². The molecule has 2 N–H and O–H groups in total. The number of nitrogens with zero attached hydrogens (tertiary/aromatic N) is 1. The summed E-state index contributed by atoms with van der Waals surface area (Å²) in [5.74, 6) is -0.408. The molecule has 16 heavy (non-hydrogen) atoms. The van der Waals surface area contributed by atoms with Crippen LogP contribution in [0.1, 0.15) is 25.5 Å². The van der Waals surface area contributed by atoms with Gasteiger partial charge >= 0.3 is 0 Å². The minimum Gasteiger partial charge on any atom is -0.338 e. The number of rotatable bonds is 3. The first-order valence-corrected chi connectivity index (χ1v) is 5.21. The summed E-state index contributed by atoms with van der Waals surface area (Å²) in [6.45, 7) is 3.53. The van der Waals surface area contributed by atoms with Crippen LogP contribution in [0.25, 0.3) is 0 Å². The fourth-order valence-corrected chi connectivity index (χ4v) is 1.48. The van der Waals surface area contributed by atoms with Crippen molar-refractivity contribution in [1.82, 2.24) is 4.90 Å². The number of hydrogen-bond acceptors (Lipinski definition) is 2. The van der Waals surface area contributed by atoms with Crippen LogP contribution < -0.4 is 5.73 Å². The summed E-state index contributed by atoms with van der Waals surface area (Å²) in [4.78, 5) is 13.2. The Morgan fingerprint density at radius 1 is 1.31 bits per heavy atom. The molecule has 0 aliphatic carbocycles. The summed E-state index contributed by atoms with van der Waals surface area (Å²) in [5, 5.41) is 0. The number of nitrogens with two attached hydrogens (primary N) is 1. The maximum Gasteiger partial charge on any atom is 0.239 e. The molecule has 0 aromatic heterocycles. The zero-order valence-electron chi connectivity index (χ0n) is 9.77. The van der Waals surface area contributed by atoms with Crippen LogP contribution in [0.4, 0.5) is 4.39 Å². The number of hydrogen-bond donors (Lipinski definition) is 1. The van der Waals surface area contributed by atoms with Crippen molar-refractivity contribution in [3.8, 4) is 0 Å². The van der Waals surface area contributed by atoms with Gasteiger partial charge in [-0.15, -0.1) is 0 Å². The van der Waals surface area contributed by atoms with Crippen molar-refractivity contribution in [2.45, 2.75) is 25.9 Å². The van der Waals surface area contributed by atoms with Crippen molar-refractivity contribution >= 4 is 5.91 Å². The van der Waals surface area contributed by atoms with E-state index in [1.807, 2.05) is 6.92 Å². The summed E-state index contributed by atoms with van der Waals surface area (Å²) in [6, 6.07) is 5.48. The third kappa shape index (κ3) is 2.79. The lowest BCUT2D eigenvalue weighted by molar-refractivity contribution is -0.132. The molecule has 0 spiro atoms. The van der Waals surface area contributed by atoms with Gasteiger partial charge in [0.05, 0.1) is 12.1 Å². The summed E-state index contributed by atoms with van der Waals surface area (Å²) < 4.78 is 12.7. The summed E-state index contributed by atoms with van der Waals surface area (Å²) >= 11 is 0. The van der Waals surface area contributed by atoms with Gasteiger partial charge in [-0.25, -0.2) is 4.39 Å². The van der Waals surface area contributed by atoms with E-state index in [-0.39, 0.29) is 17.8 Å². The Morgan fingerprint density at radius 3 is 2.25 bits per heavy atom. The molecule has 4 heteroatoms. The standard InChI is InChI=1S/C12H17FN2O/c1-8(14)12(16)15(3)9(2)10-4-6-11(13)7-5-10/h4-9H,14H2,1-3H3/t8-,9-/m0/s1. The fourth-order valence-electron chi connectivity index (χ4n) is 1.48. The van der Waals surface area contributed by atoms with Crippen LogP contribution in [0, 0.1) is 5.82 Å². The van der Waals surface area contributed by atoms with Gasteiger partial charge in [0, 0.05) is 7.05 Å². The van der Waals surface area contributed by atoms with Gasteiger partial charge in [-0.2, -0.15) is 0 Å². The summed E-state index contributed by atoms with van der Waals surface area (Å²) in [7, 11) is 1.69. The van der Waals surface area contributed by atoms with E-state index in [9.17, 15) is 9.18 Å². The topological polar surface area (TPSA) is 46.3 Å². The molecular formula is C12H17FN2O. The van der Waals surface area contributed by atoms with Crippen LogP contribution >= 0.6 is 0 Å². The molecule has 0 unspecified atom stereocenters. The molecule has 1 aromatic rings. The van der Waals surface area contributed by atoms with Crippen molar-refractivity contribution < 1.29 is 9.18 Å². The predicted molar refractivity (Wildman–Crippen MR) is 61.2 cm³/mol. The lowest BCUT2D eigenvalue weighted by atomic mass is 10.1. The van der Waals surface area contributed by atoms with Crippen LogP contribution in [0.3, 0.4) is 0 Å². The normalized spacial score (nSPS) is 14.3. The molecule has 1 rings (SSSR count). The lowest BCUT2D eigenvalue weighted by Gasteiger charge is -2.26. The number of carbonyl (C=O) groups excluding carboxylic acids is 1. The second-order valence-corrected chi connectivity index (χ2v) is 3.97. The first-order valence-electron chi connectivity index (χ1n) is 5.21. The van der Waals surface area contributed by atoms with E-state index in [0.29, 0.717) is 0 Å². The van der Waals surface area contributed by atoms with Crippen LogP contribution in [0.15, 0.2) is 24.3 Å².